The van der Waals surface area contributed by atoms with Gasteiger partial charge in [0.25, 0.3) is 0 Å². The molecule has 0 aliphatic heterocycles. The van der Waals surface area contributed by atoms with Crippen LogP contribution in [0.2, 0.25) is 0 Å². The number of hydrogen-bond acceptors (Lipinski definition) is 4. The van der Waals surface area contributed by atoms with Crippen LogP contribution in [-0.2, 0) is 11.8 Å². The molecule has 0 aromatic carbocycles. The third-order valence-corrected chi connectivity index (χ3v) is 2.91. The van der Waals surface area contributed by atoms with E-state index in [1.54, 1.807) is 4.52 Å². The summed E-state index contributed by atoms with van der Waals surface area (Å²) in [5.41, 5.74) is 2.19. The third kappa shape index (κ3) is 1.96. The van der Waals surface area contributed by atoms with Gasteiger partial charge in [0.15, 0.2) is 5.65 Å². The van der Waals surface area contributed by atoms with Gasteiger partial charge in [-0.25, -0.2) is 9.50 Å². The summed E-state index contributed by atoms with van der Waals surface area (Å²) in [6.45, 7) is 8.06. The number of carbonyl (C=O) groups is 1. The first-order valence-corrected chi connectivity index (χ1v) is 5.94. The van der Waals surface area contributed by atoms with Gasteiger partial charge in [-0.15, -0.1) is 0 Å². The van der Waals surface area contributed by atoms with Crippen molar-refractivity contribution in [1.29, 1.82) is 0 Å². The normalized spacial score (nSPS) is 12.0. The molecule has 0 radical (unpaired) electrons. The van der Waals surface area contributed by atoms with Crippen LogP contribution in [0.25, 0.3) is 5.65 Å². The van der Waals surface area contributed by atoms with Crippen molar-refractivity contribution in [3.63, 3.8) is 0 Å². The highest BCUT2D eigenvalue weighted by Gasteiger charge is 2.19. The Kier molecular flexibility index (Phi) is 2.84. The maximum atomic E-state index is 11.0. The molecule has 2 aromatic rings. The molecule has 0 spiro atoms. The van der Waals surface area contributed by atoms with Crippen molar-refractivity contribution in [3.8, 4) is 0 Å². The van der Waals surface area contributed by atoms with E-state index in [1.165, 1.54) is 6.20 Å². The van der Waals surface area contributed by atoms with Crippen molar-refractivity contribution >= 4 is 11.6 Å². The van der Waals surface area contributed by atoms with E-state index in [-0.39, 0.29) is 11.0 Å². The molecule has 0 N–H and O–H groups in total. The number of aromatic nitrogens is 3. The highest BCUT2D eigenvalue weighted by molar-refractivity contribution is 5.87. The lowest BCUT2D eigenvalue weighted by Crippen LogP contribution is -2.25. The Morgan fingerprint density at radius 3 is 2.61 bits per heavy atom. The summed E-state index contributed by atoms with van der Waals surface area (Å²) in [6.07, 6.45) is 1.91. The van der Waals surface area contributed by atoms with Gasteiger partial charge in [0.2, 0.25) is 0 Å². The van der Waals surface area contributed by atoms with Crippen LogP contribution in [0.1, 0.15) is 49.4 Å². The zero-order chi connectivity index (χ0) is 13.5. The number of fused-ring (bicyclic) bond motifs is 1. The average molecular weight is 246 g/mol. The van der Waals surface area contributed by atoms with E-state index in [2.05, 4.69) is 30.9 Å². The van der Waals surface area contributed by atoms with E-state index < -0.39 is 5.97 Å². The predicted octanol–water partition coefficient (Wildman–Crippen LogP) is 0.953. The maximum absolute atomic E-state index is 11.0. The predicted molar refractivity (Wildman–Crippen MR) is 65.4 cm³/mol. The zero-order valence-electron chi connectivity index (χ0n) is 11.0. The maximum Gasteiger partial charge on any atom is 0.155 e. The van der Waals surface area contributed by atoms with E-state index in [0.717, 1.165) is 5.69 Å². The smallest absolute Gasteiger partial charge is 0.155 e. The molecule has 18 heavy (non-hydrogen) atoms. The van der Waals surface area contributed by atoms with Crippen LogP contribution in [0.5, 0.6) is 0 Å². The van der Waals surface area contributed by atoms with Crippen molar-refractivity contribution in [3.05, 3.63) is 29.2 Å². The summed E-state index contributed by atoms with van der Waals surface area (Å²) >= 11 is 0. The van der Waals surface area contributed by atoms with Crippen molar-refractivity contribution in [1.82, 2.24) is 14.6 Å². The number of aromatic carboxylic acids is 1. The Bertz CT molecular complexity index is 608. The quantitative estimate of drug-likeness (QED) is 0.791. The van der Waals surface area contributed by atoms with Crippen molar-refractivity contribution in [2.45, 2.75) is 39.5 Å². The minimum absolute atomic E-state index is 0.0969. The molecule has 96 valence electrons. The second-order valence-electron chi connectivity index (χ2n) is 5.31. The summed E-state index contributed by atoms with van der Waals surface area (Å²) < 4.78 is 1.60. The van der Waals surface area contributed by atoms with E-state index in [1.807, 2.05) is 13.0 Å². The minimum atomic E-state index is -1.21. The summed E-state index contributed by atoms with van der Waals surface area (Å²) in [7, 11) is 0. The molecule has 2 heterocycles. The third-order valence-electron chi connectivity index (χ3n) is 2.91. The molecule has 2 rings (SSSR count). The number of hydrogen-bond donors (Lipinski definition) is 0. The van der Waals surface area contributed by atoms with Crippen molar-refractivity contribution < 1.29 is 9.90 Å². The van der Waals surface area contributed by atoms with Gasteiger partial charge in [0, 0.05) is 23.2 Å². The van der Waals surface area contributed by atoms with Crippen molar-refractivity contribution in [2.24, 2.45) is 0 Å². The van der Waals surface area contributed by atoms with E-state index in [0.29, 0.717) is 17.8 Å². The van der Waals surface area contributed by atoms with E-state index in [4.69, 9.17) is 0 Å². The number of carbonyl (C=O) groups excluding carboxylic acids is 1. The molecular formula is C13H16N3O2-. The first-order valence-electron chi connectivity index (χ1n) is 5.94. The molecule has 0 amide bonds. The molecule has 5 nitrogen and oxygen atoms in total. The van der Waals surface area contributed by atoms with E-state index in [9.17, 15) is 9.90 Å². The van der Waals surface area contributed by atoms with Gasteiger partial charge in [0.05, 0.1) is 17.4 Å². The highest BCUT2D eigenvalue weighted by Crippen LogP contribution is 2.22. The number of rotatable bonds is 2. The summed E-state index contributed by atoms with van der Waals surface area (Å²) in [5.74, 6) is -1.21. The van der Waals surface area contributed by atoms with Gasteiger partial charge in [0.1, 0.15) is 0 Å². The van der Waals surface area contributed by atoms with Crippen molar-refractivity contribution in [2.75, 3.05) is 0 Å². The monoisotopic (exact) mass is 246 g/mol. The first kappa shape index (κ1) is 12.5. The van der Waals surface area contributed by atoms with Crippen LogP contribution < -0.4 is 5.11 Å². The minimum Gasteiger partial charge on any atom is -0.545 e. The standard InChI is InChI=1S/C13H17N3O2/c1-5-9-8(12(17)18)7-14-11-6-10(13(2,3)4)15-16(9)11/h6-7H,5H2,1-4H3,(H,17,18)/p-1. The molecule has 0 unspecified atom stereocenters. The average Bonchev–Trinajstić information content (AvgIpc) is 2.70. The molecule has 0 saturated heterocycles. The molecule has 5 heteroatoms. The second kappa shape index (κ2) is 4.08. The molecule has 0 saturated carbocycles. The van der Waals surface area contributed by atoms with E-state index >= 15 is 0 Å². The molecule has 0 bridgehead atoms. The molecule has 0 atom stereocenters. The Labute approximate surface area is 105 Å². The Hall–Kier alpha value is -1.91. The van der Waals surface area contributed by atoms with Gasteiger partial charge in [-0.1, -0.05) is 27.7 Å². The summed E-state index contributed by atoms with van der Waals surface area (Å²) in [6, 6.07) is 1.89. The number of carboxylic acids is 1. The topological polar surface area (TPSA) is 70.3 Å². The number of nitrogens with zero attached hydrogens (tertiary/aromatic N) is 3. The lowest BCUT2D eigenvalue weighted by Gasteiger charge is -2.14. The van der Waals surface area contributed by atoms with Crippen LogP contribution in [0.3, 0.4) is 0 Å². The van der Waals surface area contributed by atoms with Gasteiger partial charge < -0.3 is 9.90 Å². The van der Waals surface area contributed by atoms with Crippen LogP contribution in [0, 0.1) is 0 Å². The highest BCUT2D eigenvalue weighted by atomic mass is 16.4. The second-order valence-corrected chi connectivity index (χ2v) is 5.31. The van der Waals surface area contributed by atoms with Crippen LogP contribution >= 0.6 is 0 Å². The van der Waals surface area contributed by atoms with Gasteiger partial charge in [-0.05, 0) is 6.42 Å². The van der Waals surface area contributed by atoms with Crippen LogP contribution in [0.15, 0.2) is 12.3 Å². The van der Waals surface area contributed by atoms with Gasteiger partial charge in [-0.2, -0.15) is 5.10 Å². The largest absolute Gasteiger partial charge is 0.545 e. The SMILES string of the molecule is CCc1c(C(=O)[O-])cnc2cc(C(C)(C)C)nn12. The van der Waals surface area contributed by atoms with Gasteiger partial charge in [-0.3, -0.25) is 0 Å². The Morgan fingerprint density at radius 1 is 1.44 bits per heavy atom. The number of carboxylic acid groups (broad SMARTS) is 1. The molecule has 0 aliphatic carbocycles. The zero-order valence-corrected chi connectivity index (χ0v) is 11.0. The first-order chi connectivity index (χ1) is 8.34. The molecule has 0 aliphatic rings. The van der Waals surface area contributed by atoms with Crippen LogP contribution in [-0.4, -0.2) is 20.6 Å². The Morgan fingerprint density at radius 2 is 2.11 bits per heavy atom. The van der Waals surface area contributed by atoms with Gasteiger partial charge >= 0.3 is 0 Å². The summed E-state index contributed by atoms with van der Waals surface area (Å²) in [5, 5.41) is 15.5. The fourth-order valence-corrected chi connectivity index (χ4v) is 1.86. The molecule has 2 aromatic heterocycles. The lowest BCUT2D eigenvalue weighted by atomic mass is 9.93. The fourth-order valence-electron chi connectivity index (χ4n) is 1.86. The van der Waals surface area contributed by atoms with Crippen LogP contribution in [0.4, 0.5) is 0 Å². The molecule has 0 fully saturated rings. The lowest BCUT2D eigenvalue weighted by molar-refractivity contribution is -0.255. The Balaban J connectivity index is 2.73. The molecular weight excluding hydrogens is 230 g/mol. The summed E-state index contributed by atoms with van der Waals surface area (Å²) in [4.78, 5) is 15.2. The number of aryl methyl sites for hydroxylation is 1. The fraction of sp³-hybridized carbons (Fsp3) is 0.462.